The number of fused-ring (bicyclic) bond motifs is 1. The molecule has 8 N–H and O–H groups in total. The first-order valence-corrected chi connectivity index (χ1v) is 15.7. The quantitative estimate of drug-likeness (QED) is 0.0409. The Morgan fingerprint density at radius 1 is 0.894 bits per heavy atom. The zero-order chi connectivity index (χ0) is 34.0. The normalized spacial score (nSPS) is 10.9. The van der Waals surface area contributed by atoms with Gasteiger partial charge in [0.1, 0.15) is 29.8 Å². The van der Waals surface area contributed by atoms with Crippen LogP contribution >= 0.6 is 0 Å². The summed E-state index contributed by atoms with van der Waals surface area (Å²) in [6, 6.07) is 5.82. The molecule has 0 spiro atoms. The molecular weight excluding hydrogens is 610 g/mol. The number of nitrogens with one attached hydrogen (secondary N) is 4. The molecule has 0 aliphatic rings. The Morgan fingerprint density at radius 2 is 1.51 bits per heavy atom. The number of ether oxygens (including phenoxy) is 5. The smallest absolute Gasteiger partial charge is 0.295 e. The molecule has 0 radical (unpaired) electrons. The summed E-state index contributed by atoms with van der Waals surface area (Å²) in [6.07, 6.45) is 4.70. The average Bonchev–Trinajstić information content (AvgIpc) is 3.51. The summed E-state index contributed by atoms with van der Waals surface area (Å²) in [5.41, 5.74) is 14.0. The van der Waals surface area contributed by atoms with E-state index in [2.05, 4.69) is 30.9 Å². The van der Waals surface area contributed by atoms with Crippen molar-refractivity contribution in [1.82, 2.24) is 20.3 Å². The minimum absolute atomic E-state index is 0.238. The molecule has 0 aliphatic carbocycles. The van der Waals surface area contributed by atoms with Crippen LogP contribution in [0.1, 0.15) is 30.4 Å². The molecule has 16 heteroatoms. The van der Waals surface area contributed by atoms with Crippen molar-refractivity contribution in [2.24, 2.45) is 5.73 Å². The van der Waals surface area contributed by atoms with E-state index in [-0.39, 0.29) is 11.5 Å². The van der Waals surface area contributed by atoms with Crippen molar-refractivity contribution in [3.05, 3.63) is 35.7 Å². The number of carbonyl (C=O) groups excluding carboxylic acids is 1. The number of hydrogen-bond donors (Lipinski definition) is 6. The van der Waals surface area contributed by atoms with Gasteiger partial charge in [0.25, 0.3) is 6.01 Å². The Kier molecular flexibility index (Phi) is 21.2. The van der Waals surface area contributed by atoms with Crippen LogP contribution in [-0.2, 0) is 28.5 Å². The van der Waals surface area contributed by atoms with Crippen molar-refractivity contribution < 1.29 is 32.9 Å². The van der Waals surface area contributed by atoms with Crippen LogP contribution < -0.4 is 27.4 Å². The maximum absolute atomic E-state index is 10.0. The number of aldehydes is 1. The summed E-state index contributed by atoms with van der Waals surface area (Å²) in [5, 5.41) is 17.9. The van der Waals surface area contributed by atoms with E-state index in [0.717, 1.165) is 32.2 Å². The summed E-state index contributed by atoms with van der Waals surface area (Å²) in [5.74, 6) is 0.831. The van der Waals surface area contributed by atoms with Crippen LogP contribution in [0, 0.1) is 5.41 Å². The molecule has 16 nitrogen and oxygen atoms in total. The summed E-state index contributed by atoms with van der Waals surface area (Å²) >= 11 is 0. The molecule has 2 heterocycles. The van der Waals surface area contributed by atoms with Gasteiger partial charge in [-0.05, 0) is 44.6 Å². The highest BCUT2D eigenvalue weighted by Gasteiger charge is 2.17. The van der Waals surface area contributed by atoms with Crippen molar-refractivity contribution in [2.45, 2.75) is 19.3 Å². The number of anilines is 3. The lowest BCUT2D eigenvalue weighted by Gasteiger charge is -2.13. The largest absolute Gasteiger partial charge is 0.424 e. The first kappa shape index (κ1) is 39.4. The van der Waals surface area contributed by atoms with Crippen LogP contribution in [0.4, 0.5) is 17.7 Å². The molecule has 0 saturated carbocycles. The standard InChI is InChI=1S/C18H24N8O.C13H27NO6/c1-21-7-3-4-8-23-17-14(16(20)24-10-25-17)15(19)11-5-6-13-12(9-11)26-18(22-2)27-13;14-2-5-17-7-9-19-11-13-20-12-10-18-8-6-16-4-1-3-15/h5-6,9-10,19,21H,3-4,7-8H2,1-2H3,(H,22,26)(H3,20,23,24,25);3H,1-2,4-14H2. The molecule has 0 atom stereocenters. The fraction of sp³-hybridized carbons (Fsp3) is 0.581. The minimum Gasteiger partial charge on any atom is -0.424 e. The number of hydrogen-bond acceptors (Lipinski definition) is 16. The third-order valence-corrected chi connectivity index (χ3v) is 6.29. The Morgan fingerprint density at radius 3 is 2.11 bits per heavy atom. The Hall–Kier alpha value is -3.77. The zero-order valence-corrected chi connectivity index (χ0v) is 27.6. The van der Waals surface area contributed by atoms with Gasteiger partial charge in [-0.25, -0.2) is 9.97 Å². The first-order chi connectivity index (χ1) is 23.0. The lowest BCUT2D eigenvalue weighted by molar-refractivity contribution is -0.108. The molecule has 1 aromatic carbocycles. The number of nitrogen functional groups attached to an aromatic ring is 1. The number of benzene rings is 1. The van der Waals surface area contributed by atoms with Gasteiger partial charge < -0.3 is 60.3 Å². The fourth-order valence-electron chi connectivity index (χ4n) is 3.94. The van der Waals surface area contributed by atoms with Crippen molar-refractivity contribution in [3.8, 4) is 0 Å². The Labute approximate surface area is 276 Å². The highest BCUT2D eigenvalue weighted by molar-refractivity contribution is 6.17. The second kappa shape index (κ2) is 25.3. The summed E-state index contributed by atoms with van der Waals surface area (Å²) < 4.78 is 31.7. The van der Waals surface area contributed by atoms with Gasteiger partial charge >= 0.3 is 0 Å². The molecular formula is C31H51N9O7. The van der Waals surface area contributed by atoms with E-state index in [9.17, 15) is 4.79 Å². The van der Waals surface area contributed by atoms with Crippen LogP contribution in [0.2, 0.25) is 0 Å². The van der Waals surface area contributed by atoms with E-state index < -0.39 is 0 Å². The molecule has 47 heavy (non-hydrogen) atoms. The number of oxazole rings is 1. The maximum Gasteiger partial charge on any atom is 0.295 e. The van der Waals surface area contributed by atoms with Crippen LogP contribution in [0.5, 0.6) is 0 Å². The maximum atomic E-state index is 10.0. The second-order valence-corrected chi connectivity index (χ2v) is 9.85. The molecule has 0 fully saturated rings. The molecule has 2 aromatic heterocycles. The molecule has 0 bridgehead atoms. The lowest BCUT2D eigenvalue weighted by atomic mass is 10.0. The van der Waals surface area contributed by atoms with Gasteiger partial charge in [-0.15, -0.1) is 0 Å². The van der Waals surface area contributed by atoms with Crippen LogP contribution in [0.3, 0.4) is 0 Å². The minimum atomic E-state index is 0.238. The van der Waals surface area contributed by atoms with E-state index >= 15 is 0 Å². The predicted molar refractivity (Wildman–Crippen MR) is 181 cm³/mol. The van der Waals surface area contributed by atoms with E-state index in [1.165, 1.54) is 6.33 Å². The third-order valence-electron chi connectivity index (χ3n) is 6.29. The summed E-state index contributed by atoms with van der Waals surface area (Å²) in [7, 11) is 3.67. The number of unbranched alkanes of at least 4 members (excludes halogenated alkanes) is 1. The monoisotopic (exact) mass is 661 g/mol. The van der Waals surface area contributed by atoms with E-state index in [0.29, 0.717) is 113 Å². The summed E-state index contributed by atoms with van der Waals surface area (Å²) in [6.45, 7) is 7.51. The van der Waals surface area contributed by atoms with Crippen molar-refractivity contribution in [2.75, 3.05) is 116 Å². The lowest BCUT2D eigenvalue weighted by Crippen LogP contribution is -2.15. The molecule has 3 rings (SSSR count). The number of nitrogens with zero attached hydrogens (tertiary/aromatic N) is 3. The Balaban J connectivity index is 0.000000345. The first-order valence-electron chi connectivity index (χ1n) is 15.7. The predicted octanol–water partition coefficient (Wildman–Crippen LogP) is 1.69. The number of nitrogens with two attached hydrogens (primary N) is 2. The van der Waals surface area contributed by atoms with E-state index in [1.807, 2.05) is 7.05 Å². The number of carbonyl (C=O) groups is 1. The van der Waals surface area contributed by atoms with E-state index in [4.69, 9.17) is 45.0 Å². The average molecular weight is 662 g/mol. The van der Waals surface area contributed by atoms with Crippen molar-refractivity contribution in [1.29, 1.82) is 5.41 Å². The molecule has 0 unspecified atom stereocenters. The van der Waals surface area contributed by atoms with Gasteiger partial charge in [-0.1, -0.05) is 0 Å². The summed E-state index contributed by atoms with van der Waals surface area (Å²) in [4.78, 5) is 22.7. The van der Waals surface area contributed by atoms with Gasteiger partial charge in [0.05, 0.1) is 77.3 Å². The van der Waals surface area contributed by atoms with Crippen molar-refractivity contribution in [3.63, 3.8) is 0 Å². The topological polar surface area (TPSA) is 227 Å². The number of aromatic nitrogens is 3. The second-order valence-electron chi connectivity index (χ2n) is 9.85. The highest BCUT2D eigenvalue weighted by atomic mass is 16.6. The van der Waals surface area contributed by atoms with Gasteiger partial charge in [0.2, 0.25) is 0 Å². The van der Waals surface area contributed by atoms with Crippen LogP contribution in [-0.4, -0.2) is 127 Å². The Bertz CT molecular complexity index is 1280. The zero-order valence-electron chi connectivity index (χ0n) is 27.6. The number of rotatable bonds is 26. The molecule has 0 saturated heterocycles. The van der Waals surface area contributed by atoms with E-state index in [1.54, 1.807) is 25.2 Å². The molecule has 0 amide bonds. The molecule has 3 aromatic rings. The molecule has 0 aliphatic heterocycles. The van der Waals surface area contributed by atoms with Gasteiger partial charge in [-0.3, -0.25) is 5.41 Å². The van der Waals surface area contributed by atoms with Gasteiger partial charge in [-0.2, -0.15) is 4.98 Å². The fourth-order valence-corrected chi connectivity index (χ4v) is 3.94. The van der Waals surface area contributed by atoms with Crippen molar-refractivity contribution >= 4 is 40.7 Å². The van der Waals surface area contributed by atoms with Crippen LogP contribution in [0.15, 0.2) is 28.9 Å². The van der Waals surface area contributed by atoms with Gasteiger partial charge in [0, 0.05) is 32.1 Å². The SMILES string of the molecule is CNCCCCNc1ncnc(N)c1C(=N)c1ccc2oc(NC)nc2c1.NCCOCCOCCOCCOCCOCCC=O. The third kappa shape index (κ3) is 16.1. The molecule has 262 valence electrons. The van der Waals surface area contributed by atoms with Crippen LogP contribution in [0.25, 0.3) is 11.1 Å². The highest BCUT2D eigenvalue weighted by Crippen LogP contribution is 2.25. The van der Waals surface area contributed by atoms with Gasteiger partial charge in [0.15, 0.2) is 5.58 Å².